The summed E-state index contributed by atoms with van der Waals surface area (Å²) in [4.78, 5) is 13.9. The zero-order chi connectivity index (χ0) is 16.4. The molecule has 0 aliphatic rings. The van der Waals surface area contributed by atoms with Gasteiger partial charge in [0, 0.05) is 30.1 Å². The average molecular weight is 334 g/mol. The highest BCUT2D eigenvalue weighted by Gasteiger charge is 2.32. The summed E-state index contributed by atoms with van der Waals surface area (Å²) >= 11 is 1.58. The standard InChI is InChI=1S/C13H22N2O4S2/c1-6-10(7-20-5)15(4)21(18,19)12-8(2)11(13(16)17)14-9(12)3/h10,14H,6-7H2,1-5H3,(H,16,17). The number of carboxylic acid groups (broad SMARTS) is 1. The quantitative estimate of drug-likeness (QED) is 0.797. The number of carboxylic acids is 1. The molecule has 0 aliphatic heterocycles. The second kappa shape index (κ2) is 6.85. The molecule has 0 amide bonds. The van der Waals surface area contributed by atoms with Gasteiger partial charge in [-0.15, -0.1) is 0 Å². The Kier molecular flexibility index (Phi) is 5.89. The van der Waals surface area contributed by atoms with E-state index in [2.05, 4.69) is 4.98 Å². The van der Waals surface area contributed by atoms with Gasteiger partial charge in [-0.3, -0.25) is 0 Å². The molecular weight excluding hydrogens is 312 g/mol. The smallest absolute Gasteiger partial charge is 0.352 e. The number of nitrogens with one attached hydrogen (secondary N) is 1. The number of nitrogens with zero attached hydrogens (tertiary/aromatic N) is 1. The van der Waals surface area contributed by atoms with Gasteiger partial charge in [0.1, 0.15) is 10.6 Å². The Labute approximate surface area is 130 Å². The number of aromatic nitrogens is 1. The Morgan fingerprint density at radius 1 is 1.43 bits per heavy atom. The molecule has 1 unspecified atom stereocenters. The zero-order valence-electron chi connectivity index (χ0n) is 12.9. The van der Waals surface area contributed by atoms with Crippen LogP contribution in [0.1, 0.15) is 35.1 Å². The Morgan fingerprint density at radius 2 is 2.00 bits per heavy atom. The first-order valence-electron chi connectivity index (χ1n) is 6.57. The van der Waals surface area contributed by atoms with Gasteiger partial charge in [-0.25, -0.2) is 13.2 Å². The number of aryl methyl sites for hydroxylation is 1. The van der Waals surface area contributed by atoms with Crippen LogP contribution < -0.4 is 0 Å². The molecule has 1 aromatic rings. The van der Waals surface area contributed by atoms with Crippen LogP contribution in [0.4, 0.5) is 0 Å². The van der Waals surface area contributed by atoms with Crippen LogP contribution in [0.5, 0.6) is 0 Å². The van der Waals surface area contributed by atoms with Gasteiger partial charge < -0.3 is 10.1 Å². The maximum atomic E-state index is 12.8. The van der Waals surface area contributed by atoms with Crippen LogP contribution >= 0.6 is 11.8 Å². The van der Waals surface area contributed by atoms with Crippen molar-refractivity contribution in [1.29, 1.82) is 0 Å². The fourth-order valence-corrected chi connectivity index (χ4v) is 5.12. The van der Waals surface area contributed by atoms with Crippen molar-refractivity contribution in [3.63, 3.8) is 0 Å². The first-order chi connectivity index (χ1) is 9.68. The fourth-order valence-electron chi connectivity index (χ4n) is 2.35. The van der Waals surface area contributed by atoms with Crippen molar-refractivity contribution in [3.8, 4) is 0 Å². The minimum atomic E-state index is -3.72. The molecule has 8 heteroatoms. The third-order valence-corrected chi connectivity index (χ3v) is 6.47. The van der Waals surface area contributed by atoms with Crippen molar-refractivity contribution in [2.45, 2.75) is 38.1 Å². The molecule has 1 rings (SSSR count). The minimum Gasteiger partial charge on any atom is -0.477 e. The van der Waals surface area contributed by atoms with E-state index in [1.807, 2.05) is 13.2 Å². The second-order valence-corrected chi connectivity index (χ2v) is 7.77. The molecule has 0 bridgehead atoms. The van der Waals surface area contributed by atoms with Gasteiger partial charge in [-0.2, -0.15) is 16.1 Å². The van der Waals surface area contributed by atoms with Gasteiger partial charge in [0.2, 0.25) is 10.0 Å². The molecule has 6 nitrogen and oxygen atoms in total. The third-order valence-electron chi connectivity index (χ3n) is 3.56. The number of aromatic amines is 1. The number of hydrogen-bond donors (Lipinski definition) is 2. The van der Waals surface area contributed by atoms with Gasteiger partial charge >= 0.3 is 5.97 Å². The molecule has 0 spiro atoms. The Hall–Kier alpha value is -0.990. The van der Waals surface area contributed by atoms with Gasteiger partial charge in [0.05, 0.1) is 0 Å². The van der Waals surface area contributed by atoms with Crippen molar-refractivity contribution in [2.75, 3.05) is 19.1 Å². The molecule has 0 saturated heterocycles. The van der Waals surface area contributed by atoms with Gasteiger partial charge in [-0.1, -0.05) is 6.92 Å². The van der Waals surface area contributed by atoms with Crippen LogP contribution in [0.2, 0.25) is 0 Å². The molecule has 1 aromatic heterocycles. The highest BCUT2D eigenvalue weighted by molar-refractivity contribution is 7.98. The lowest BCUT2D eigenvalue weighted by molar-refractivity contribution is 0.0690. The molecule has 2 N–H and O–H groups in total. The molecule has 120 valence electrons. The van der Waals surface area contributed by atoms with Crippen molar-refractivity contribution in [2.24, 2.45) is 0 Å². The maximum absolute atomic E-state index is 12.8. The van der Waals surface area contributed by atoms with Crippen LogP contribution in [0.15, 0.2) is 4.90 Å². The largest absolute Gasteiger partial charge is 0.477 e. The predicted molar refractivity (Wildman–Crippen MR) is 84.6 cm³/mol. The van der Waals surface area contributed by atoms with Crippen molar-refractivity contribution in [1.82, 2.24) is 9.29 Å². The summed E-state index contributed by atoms with van der Waals surface area (Å²) in [6, 6.07) is -0.119. The first kappa shape index (κ1) is 18.1. The zero-order valence-corrected chi connectivity index (χ0v) is 14.6. The summed E-state index contributed by atoms with van der Waals surface area (Å²) in [6.07, 6.45) is 2.63. The van der Waals surface area contributed by atoms with Gasteiger partial charge in [-0.05, 0) is 26.5 Å². The number of aromatic carboxylic acids is 1. The summed E-state index contributed by atoms with van der Waals surface area (Å²) in [5.74, 6) is -0.462. The van der Waals surface area contributed by atoms with Crippen LogP contribution in [0.3, 0.4) is 0 Å². The molecule has 0 aromatic carbocycles. The number of rotatable bonds is 7. The molecule has 0 saturated carbocycles. The van der Waals surface area contributed by atoms with Crippen molar-refractivity contribution in [3.05, 3.63) is 17.0 Å². The SMILES string of the molecule is CCC(CSC)N(C)S(=O)(=O)c1c(C)[nH]c(C(=O)O)c1C. The van der Waals surface area contributed by atoms with E-state index in [1.165, 1.54) is 11.2 Å². The molecule has 0 radical (unpaired) electrons. The fraction of sp³-hybridized carbons (Fsp3) is 0.615. The van der Waals surface area contributed by atoms with Crippen molar-refractivity contribution >= 4 is 27.8 Å². The summed E-state index contributed by atoms with van der Waals surface area (Å²) in [7, 11) is -2.17. The number of sulfonamides is 1. The van der Waals surface area contributed by atoms with Crippen LogP contribution in [-0.2, 0) is 10.0 Å². The van der Waals surface area contributed by atoms with Crippen LogP contribution in [0.25, 0.3) is 0 Å². The molecule has 1 atom stereocenters. The summed E-state index contributed by atoms with van der Waals surface area (Å²) < 4.78 is 26.9. The van der Waals surface area contributed by atoms with E-state index >= 15 is 0 Å². The first-order valence-corrected chi connectivity index (χ1v) is 9.41. The van der Waals surface area contributed by atoms with E-state index in [0.29, 0.717) is 17.9 Å². The van der Waals surface area contributed by atoms with E-state index < -0.39 is 16.0 Å². The van der Waals surface area contributed by atoms with E-state index in [4.69, 9.17) is 5.11 Å². The van der Waals surface area contributed by atoms with Gasteiger partial charge in [0.25, 0.3) is 0 Å². The summed E-state index contributed by atoms with van der Waals surface area (Å²) in [5, 5.41) is 9.10. The molecule has 0 aliphatic carbocycles. The lowest BCUT2D eigenvalue weighted by Gasteiger charge is -2.26. The van der Waals surface area contributed by atoms with Crippen LogP contribution in [-0.4, -0.2) is 53.9 Å². The third kappa shape index (κ3) is 3.44. The Bertz CT molecular complexity index is 622. The van der Waals surface area contributed by atoms with Gasteiger partial charge in [0.15, 0.2) is 0 Å². The normalized spacial score (nSPS) is 13.6. The summed E-state index contributed by atoms with van der Waals surface area (Å²) in [5.41, 5.74) is 0.541. The highest BCUT2D eigenvalue weighted by atomic mass is 32.2. The molecule has 1 heterocycles. The van der Waals surface area contributed by atoms with E-state index in [1.54, 1.807) is 25.7 Å². The number of hydrogen-bond acceptors (Lipinski definition) is 4. The number of thioether (sulfide) groups is 1. The number of H-pyrrole nitrogens is 1. The molecule has 0 fully saturated rings. The monoisotopic (exact) mass is 334 g/mol. The summed E-state index contributed by atoms with van der Waals surface area (Å²) in [6.45, 7) is 5.03. The minimum absolute atomic E-state index is 0.0713. The average Bonchev–Trinajstić information content (AvgIpc) is 2.71. The lowest BCUT2D eigenvalue weighted by Crippen LogP contribution is -2.38. The maximum Gasteiger partial charge on any atom is 0.352 e. The molecule has 21 heavy (non-hydrogen) atoms. The predicted octanol–water partition coefficient (Wildman–Crippen LogP) is 2.09. The van der Waals surface area contributed by atoms with Crippen LogP contribution in [0, 0.1) is 13.8 Å². The van der Waals surface area contributed by atoms with E-state index in [9.17, 15) is 13.2 Å². The Balaban J connectivity index is 3.34. The van der Waals surface area contributed by atoms with Crippen molar-refractivity contribution < 1.29 is 18.3 Å². The number of carbonyl (C=O) groups is 1. The lowest BCUT2D eigenvalue weighted by atomic mass is 10.2. The van der Waals surface area contributed by atoms with E-state index in [0.717, 1.165) is 0 Å². The van der Waals surface area contributed by atoms with E-state index in [-0.39, 0.29) is 22.2 Å². The second-order valence-electron chi connectivity index (χ2n) is 4.92. The Morgan fingerprint density at radius 3 is 2.38 bits per heavy atom. The highest BCUT2D eigenvalue weighted by Crippen LogP contribution is 2.27. The molecular formula is C13H22N2O4S2. The topological polar surface area (TPSA) is 90.5 Å².